The smallest absolute Gasteiger partial charge is 0.224 e. The number of likely N-dealkylation sites (N-methyl/N-ethyl adjacent to an activating group) is 1. The van der Waals surface area contributed by atoms with E-state index in [9.17, 15) is 4.79 Å². The molecule has 0 heterocycles. The lowest BCUT2D eigenvalue weighted by Gasteiger charge is -2.14. The summed E-state index contributed by atoms with van der Waals surface area (Å²) in [6, 6.07) is 5.53. The maximum Gasteiger partial charge on any atom is 0.224 e. The monoisotopic (exact) mass is 284 g/mol. The Kier molecular flexibility index (Phi) is 6.67. The number of methoxy groups -OCH3 is 1. The van der Waals surface area contributed by atoms with Crippen molar-refractivity contribution in [2.75, 3.05) is 20.2 Å². The topological polar surface area (TPSA) is 50.4 Å². The number of ether oxygens (including phenoxy) is 1. The third kappa shape index (κ3) is 5.49. The summed E-state index contributed by atoms with van der Waals surface area (Å²) in [6.07, 6.45) is 0.266. The number of rotatable bonds is 7. The van der Waals surface area contributed by atoms with Crippen LogP contribution in [0.5, 0.6) is 5.75 Å². The van der Waals surface area contributed by atoms with Crippen molar-refractivity contribution in [1.82, 2.24) is 10.6 Å². The van der Waals surface area contributed by atoms with E-state index in [2.05, 4.69) is 10.6 Å². The van der Waals surface area contributed by atoms with Crippen LogP contribution in [0.1, 0.15) is 19.4 Å². The highest BCUT2D eigenvalue weighted by molar-refractivity contribution is 6.30. The minimum atomic E-state index is -0.0367. The molecule has 19 heavy (non-hydrogen) atoms. The van der Waals surface area contributed by atoms with Gasteiger partial charge in [0.2, 0.25) is 5.91 Å². The highest BCUT2D eigenvalue weighted by Crippen LogP contribution is 2.22. The van der Waals surface area contributed by atoms with Gasteiger partial charge in [-0.2, -0.15) is 0 Å². The van der Waals surface area contributed by atoms with Crippen molar-refractivity contribution in [3.8, 4) is 5.75 Å². The van der Waals surface area contributed by atoms with Gasteiger partial charge < -0.3 is 15.4 Å². The van der Waals surface area contributed by atoms with Crippen LogP contribution in [0.15, 0.2) is 18.2 Å². The van der Waals surface area contributed by atoms with Crippen molar-refractivity contribution >= 4 is 17.5 Å². The van der Waals surface area contributed by atoms with Gasteiger partial charge in [-0.3, -0.25) is 4.79 Å². The normalized spacial score (nSPS) is 12.0. The quantitative estimate of drug-likeness (QED) is 0.805. The molecule has 0 fully saturated rings. The van der Waals surface area contributed by atoms with E-state index in [1.165, 1.54) is 0 Å². The van der Waals surface area contributed by atoms with Crippen LogP contribution in [0.25, 0.3) is 0 Å². The summed E-state index contributed by atoms with van der Waals surface area (Å²) in [4.78, 5) is 11.9. The fraction of sp³-hybridized carbons (Fsp3) is 0.500. The second kappa shape index (κ2) is 8.02. The zero-order valence-electron chi connectivity index (χ0n) is 11.6. The summed E-state index contributed by atoms with van der Waals surface area (Å²) >= 11 is 5.93. The highest BCUT2D eigenvalue weighted by Gasteiger charge is 2.10. The van der Waals surface area contributed by atoms with Crippen LogP contribution in [0, 0.1) is 0 Å². The molecule has 1 rings (SSSR count). The van der Waals surface area contributed by atoms with Crippen molar-refractivity contribution in [2.45, 2.75) is 26.3 Å². The Labute approximate surface area is 119 Å². The predicted molar refractivity (Wildman–Crippen MR) is 77.9 cm³/mol. The second-order valence-corrected chi connectivity index (χ2v) is 4.83. The van der Waals surface area contributed by atoms with Gasteiger partial charge in [0.05, 0.1) is 13.5 Å². The number of hydrogen-bond acceptors (Lipinski definition) is 3. The molecule has 0 aliphatic heterocycles. The maximum absolute atomic E-state index is 11.9. The van der Waals surface area contributed by atoms with Crippen LogP contribution in [0.2, 0.25) is 5.02 Å². The SMILES string of the molecule is CCN[C@H](C)CNC(=O)Cc1cc(Cl)ccc1OC. The van der Waals surface area contributed by atoms with E-state index in [1.54, 1.807) is 25.3 Å². The minimum absolute atomic E-state index is 0.0367. The molecule has 0 spiro atoms. The predicted octanol–water partition coefficient (Wildman–Crippen LogP) is 2.01. The van der Waals surface area contributed by atoms with Gasteiger partial charge in [0.25, 0.3) is 0 Å². The average Bonchev–Trinajstić information content (AvgIpc) is 2.37. The molecule has 1 aromatic carbocycles. The first kappa shape index (κ1) is 15.8. The zero-order valence-corrected chi connectivity index (χ0v) is 12.4. The number of hydrogen-bond donors (Lipinski definition) is 2. The first-order valence-electron chi connectivity index (χ1n) is 6.39. The molecule has 0 aliphatic carbocycles. The van der Waals surface area contributed by atoms with Gasteiger partial charge in [-0.25, -0.2) is 0 Å². The third-order valence-electron chi connectivity index (χ3n) is 2.75. The Balaban J connectivity index is 2.54. The zero-order chi connectivity index (χ0) is 14.3. The number of amides is 1. The molecule has 106 valence electrons. The third-order valence-corrected chi connectivity index (χ3v) is 2.99. The molecule has 0 saturated carbocycles. The van der Waals surface area contributed by atoms with E-state index < -0.39 is 0 Å². The van der Waals surface area contributed by atoms with Gasteiger partial charge in [-0.1, -0.05) is 18.5 Å². The molecule has 1 atom stereocenters. The molecule has 1 aromatic rings. The Hall–Kier alpha value is -1.26. The van der Waals surface area contributed by atoms with E-state index in [0.717, 1.165) is 12.1 Å². The lowest BCUT2D eigenvalue weighted by atomic mass is 10.1. The first-order chi connectivity index (χ1) is 9.06. The van der Waals surface area contributed by atoms with Gasteiger partial charge in [0, 0.05) is 23.2 Å². The van der Waals surface area contributed by atoms with Gasteiger partial charge in [-0.15, -0.1) is 0 Å². The van der Waals surface area contributed by atoms with Crippen molar-refractivity contribution in [3.63, 3.8) is 0 Å². The Morgan fingerprint density at radius 1 is 1.47 bits per heavy atom. The molecule has 0 unspecified atom stereocenters. The molecule has 1 amide bonds. The van der Waals surface area contributed by atoms with Crippen molar-refractivity contribution in [1.29, 1.82) is 0 Å². The lowest BCUT2D eigenvalue weighted by Crippen LogP contribution is -2.39. The fourth-order valence-corrected chi connectivity index (χ4v) is 2.00. The van der Waals surface area contributed by atoms with E-state index >= 15 is 0 Å². The standard InChI is InChI=1S/C14H21ClN2O2/c1-4-16-10(2)9-17-14(18)8-11-7-12(15)5-6-13(11)19-3/h5-7,10,16H,4,8-9H2,1-3H3,(H,17,18)/t10-/m1/s1. The molecule has 0 bridgehead atoms. The number of carbonyl (C=O) groups is 1. The van der Waals surface area contributed by atoms with Gasteiger partial charge in [-0.05, 0) is 31.7 Å². The van der Waals surface area contributed by atoms with E-state index in [1.807, 2.05) is 13.8 Å². The minimum Gasteiger partial charge on any atom is -0.496 e. The summed E-state index contributed by atoms with van der Waals surface area (Å²) < 4.78 is 5.21. The van der Waals surface area contributed by atoms with Crippen LogP contribution in [0.3, 0.4) is 0 Å². The average molecular weight is 285 g/mol. The molecule has 0 saturated heterocycles. The second-order valence-electron chi connectivity index (χ2n) is 4.40. The largest absolute Gasteiger partial charge is 0.496 e. The molecule has 0 aromatic heterocycles. The van der Waals surface area contributed by atoms with E-state index in [0.29, 0.717) is 17.3 Å². The van der Waals surface area contributed by atoms with Crippen LogP contribution >= 0.6 is 11.6 Å². The molecule has 4 nitrogen and oxygen atoms in total. The fourth-order valence-electron chi connectivity index (χ4n) is 1.81. The molecule has 0 radical (unpaired) electrons. The van der Waals surface area contributed by atoms with Crippen LogP contribution in [-0.2, 0) is 11.2 Å². The summed E-state index contributed by atoms with van der Waals surface area (Å²) in [5, 5.41) is 6.72. The summed E-state index contributed by atoms with van der Waals surface area (Å²) in [5.74, 6) is 0.643. The maximum atomic E-state index is 11.9. The van der Waals surface area contributed by atoms with Gasteiger partial charge >= 0.3 is 0 Å². The molecule has 0 aliphatic rings. The Morgan fingerprint density at radius 2 is 2.21 bits per heavy atom. The van der Waals surface area contributed by atoms with Crippen LogP contribution < -0.4 is 15.4 Å². The number of nitrogens with one attached hydrogen (secondary N) is 2. The first-order valence-corrected chi connectivity index (χ1v) is 6.77. The Morgan fingerprint density at radius 3 is 2.84 bits per heavy atom. The summed E-state index contributed by atoms with van der Waals surface area (Å²) in [7, 11) is 1.58. The Bertz CT molecular complexity index is 424. The number of benzene rings is 1. The van der Waals surface area contributed by atoms with Crippen molar-refractivity contribution in [3.05, 3.63) is 28.8 Å². The number of carbonyl (C=O) groups excluding carboxylic acids is 1. The van der Waals surface area contributed by atoms with Crippen LogP contribution in [-0.4, -0.2) is 32.1 Å². The molecular weight excluding hydrogens is 264 g/mol. The van der Waals surface area contributed by atoms with Gasteiger partial charge in [0.1, 0.15) is 5.75 Å². The van der Waals surface area contributed by atoms with E-state index in [-0.39, 0.29) is 18.4 Å². The van der Waals surface area contributed by atoms with Gasteiger partial charge in [0.15, 0.2) is 0 Å². The lowest BCUT2D eigenvalue weighted by molar-refractivity contribution is -0.120. The molecular formula is C14H21ClN2O2. The van der Waals surface area contributed by atoms with Crippen LogP contribution in [0.4, 0.5) is 0 Å². The molecule has 5 heteroatoms. The number of halogens is 1. The van der Waals surface area contributed by atoms with Crippen molar-refractivity contribution in [2.24, 2.45) is 0 Å². The van der Waals surface area contributed by atoms with E-state index in [4.69, 9.17) is 16.3 Å². The summed E-state index contributed by atoms with van der Waals surface area (Å²) in [6.45, 7) is 5.56. The highest BCUT2D eigenvalue weighted by atomic mass is 35.5. The van der Waals surface area contributed by atoms with Crippen molar-refractivity contribution < 1.29 is 9.53 Å². The molecule has 2 N–H and O–H groups in total. The summed E-state index contributed by atoms with van der Waals surface area (Å²) in [5.41, 5.74) is 0.795.